The molecule has 2 N–H and O–H groups in total. The highest BCUT2D eigenvalue weighted by molar-refractivity contribution is 5.80. The van der Waals surface area contributed by atoms with Crippen molar-refractivity contribution in [3.05, 3.63) is 43.0 Å². The first-order valence-corrected chi connectivity index (χ1v) is 9.37. The van der Waals surface area contributed by atoms with Crippen LogP contribution in [-0.2, 0) is 6.54 Å². The number of aliphatic imine (C=N–C) groups is 1. The third-order valence-corrected chi connectivity index (χ3v) is 4.62. The van der Waals surface area contributed by atoms with Crippen molar-refractivity contribution in [2.24, 2.45) is 4.99 Å². The molecular formula is C19H26F2N6O. The first-order chi connectivity index (χ1) is 13.7. The van der Waals surface area contributed by atoms with Gasteiger partial charge < -0.3 is 24.8 Å². The van der Waals surface area contributed by atoms with E-state index >= 15 is 0 Å². The number of para-hydroxylation sites is 2. The van der Waals surface area contributed by atoms with Gasteiger partial charge in [0.05, 0.1) is 12.0 Å². The van der Waals surface area contributed by atoms with E-state index in [1.807, 2.05) is 22.9 Å². The number of hydrogen-bond donors (Lipinski definition) is 2. The zero-order chi connectivity index (χ0) is 19.8. The molecule has 0 bridgehead atoms. The highest BCUT2D eigenvalue weighted by Crippen LogP contribution is 2.31. The summed E-state index contributed by atoms with van der Waals surface area (Å²) in [4.78, 5) is 10.4. The van der Waals surface area contributed by atoms with Crippen molar-refractivity contribution >= 4 is 11.6 Å². The molecule has 0 spiro atoms. The lowest BCUT2D eigenvalue weighted by Crippen LogP contribution is -2.45. The van der Waals surface area contributed by atoms with Gasteiger partial charge in [0.25, 0.3) is 0 Å². The summed E-state index contributed by atoms with van der Waals surface area (Å²) in [7, 11) is 1.74. The maximum atomic E-state index is 12.6. The Labute approximate surface area is 163 Å². The summed E-state index contributed by atoms with van der Waals surface area (Å²) in [6, 6.07) is 7.09. The fourth-order valence-electron chi connectivity index (χ4n) is 3.29. The molecule has 9 heteroatoms. The van der Waals surface area contributed by atoms with Gasteiger partial charge in [-0.25, -0.2) is 4.98 Å². The fourth-order valence-corrected chi connectivity index (χ4v) is 3.29. The van der Waals surface area contributed by atoms with Gasteiger partial charge in [0.15, 0.2) is 5.96 Å². The molecular weight excluding hydrogens is 366 g/mol. The molecule has 2 heterocycles. The Bertz CT molecular complexity index is 753. The van der Waals surface area contributed by atoms with Gasteiger partial charge in [-0.2, -0.15) is 8.78 Å². The molecule has 152 valence electrons. The lowest BCUT2D eigenvalue weighted by atomic mass is 10.2. The highest BCUT2D eigenvalue weighted by atomic mass is 19.3. The first-order valence-electron chi connectivity index (χ1n) is 9.37. The Balaban J connectivity index is 1.47. The second kappa shape index (κ2) is 9.91. The van der Waals surface area contributed by atoms with Crippen molar-refractivity contribution in [2.45, 2.75) is 32.0 Å². The average Bonchev–Trinajstić information content (AvgIpc) is 3.36. The van der Waals surface area contributed by atoms with Gasteiger partial charge >= 0.3 is 6.61 Å². The van der Waals surface area contributed by atoms with E-state index in [0.29, 0.717) is 12.2 Å². The summed E-state index contributed by atoms with van der Waals surface area (Å²) in [5.41, 5.74) is 0.690. The van der Waals surface area contributed by atoms with Crippen LogP contribution in [0.25, 0.3) is 0 Å². The Kier molecular flexibility index (Phi) is 7.05. The van der Waals surface area contributed by atoms with E-state index in [0.717, 1.165) is 38.4 Å². The molecule has 3 rings (SSSR count). The molecule has 1 aliphatic heterocycles. The number of rotatable bonds is 8. The molecule has 28 heavy (non-hydrogen) atoms. The van der Waals surface area contributed by atoms with Crippen molar-refractivity contribution in [3.8, 4) is 5.75 Å². The monoisotopic (exact) mass is 392 g/mol. The zero-order valence-corrected chi connectivity index (χ0v) is 15.9. The molecule has 7 nitrogen and oxygen atoms in total. The van der Waals surface area contributed by atoms with Gasteiger partial charge in [0, 0.05) is 51.7 Å². The molecule has 0 aliphatic carbocycles. The molecule has 1 aromatic heterocycles. The smallest absolute Gasteiger partial charge is 0.387 e. The standard InChI is InChI=1S/C19H26F2N6O/c1-22-19(24-8-4-10-26-12-9-23-14-26)25-15-7-11-27(13-15)16-5-2-3-6-17(16)28-18(20)21/h2-3,5-6,9,12,14-15,18H,4,7-8,10-11,13H2,1H3,(H2,22,24,25). The predicted molar refractivity (Wildman–Crippen MR) is 105 cm³/mol. The van der Waals surface area contributed by atoms with Crippen LogP contribution in [0.2, 0.25) is 0 Å². The van der Waals surface area contributed by atoms with E-state index in [-0.39, 0.29) is 11.8 Å². The summed E-state index contributed by atoms with van der Waals surface area (Å²) in [6.45, 7) is 0.308. The summed E-state index contributed by atoms with van der Waals surface area (Å²) >= 11 is 0. The minimum atomic E-state index is -2.83. The SMILES string of the molecule is CN=C(NCCCn1ccnc1)NC1CCN(c2ccccc2OC(F)F)C1. The number of benzene rings is 1. The number of ether oxygens (including phenoxy) is 1. The van der Waals surface area contributed by atoms with Crippen molar-refractivity contribution in [2.75, 3.05) is 31.6 Å². The highest BCUT2D eigenvalue weighted by Gasteiger charge is 2.25. The van der Waals surface area contributed by atoms with Crippen LogP contribution >= 0.6 is 0 Å². The van der Waals surface area contributed by atoms with Gasteiger partial charge in [-0.3, -0.25) is 4.99 Å². The van der Waals surface area contributed by atoms with Crippen LogP contribution in [0.5, 0.6) is 5.75 Å². The van der Waals surface area contributed by atoms with Gasteiger partial charge in [-0.05, 0) is 25.0 Å². The van der Waals surface area contributed by atoms with Gasteiger partial charge in [-0.15, -0.1) is 0 Å². The fraction of sp³-hybridized carbons (Fsp3) is 0.474. The third-order valence-electron chi connectivity index (χ3n) is 4.62. The quantitative estimate of drug-likeness (QED) is 0.410. The second-order valence-corrected chi connectivity index (χ2v) is 6.58. The van der Waals surface area contributed by atoms with E-state index in [4.69, 9.17) is 0 Å². The molecule has 0 amide bonds. The van der Waals surface area contributed by atoms with Crippen LogP contribution in [0.4, 0.5) is 14.5 Å². The van der Waals surface area contributed by atoms with E-state index in [1.54, 1.807) is 31.7 Å². The average molecular weight is 392 g/mol. The molecule has 1 aromatic carbocycles. The van der Waals surface area contributed by atoms with E-state index < -0.39 is 6.61 Å². The minimum Gasteiger partial charge on any atom is -0.433 e. The maximum Gasteiger partial charge on any atom is 0.387 e. The normalized spacial score (nSPS) is 17.2. The molecule has 1 unspecified atom stereocenters. The lowest BCUT2D eigenvalue weighted by Gasteiger charge is -2.22. The van der Waals surface area contributed by atoms with Gasteiger partial charge in [0.1, 0.15) is 5.75 Å². The Hall–Kier alpha value is -2.84. The lowest BCUT2D eigenvalue weighted by molar-refractivity contribution is -0.0495. The number of nitrogens with one attached hydrogen (secondary N) is 2. The molecule has 0 saturated carbocycles. The Morgan fingerprint density at radius 2 is 2.25 bits per heavy atom. The van der Waals surface area contributed by atoms with Gasteiger partial charge in [-0.1, -0.05) is 12.1 Å². The van der Waals surface area contributed by atoms with Crippen LogP contribution in [-0.4, -0.2) is 54.8 Å². The molecule has 1 fully saturated rings. The maximum absolute atomic E-state index is 12.6. The number of anilines is 1. The first kappa shape index (κ1) is 19.9. The third kappa shape index (κ3) is 5.58. The van der Waals surface area contributed by atoms with E-state index in [9.17, 15) is 8.78 Å². The minimum absolute atomic E-state index is 0.180. The number of nitrogens with zero attached hydrogens (tertiary/aromatic N) is 4. The largest absolute Gasteiger partial charge is 0.433 e. The van der Waals surface area contributed by atoms with E-state index in [2.05, 4.69) is 30.2 Å². The van der Waals surface area contributed by atoms with E-state index in [1.165, 1.54) is 0 Å². The van der Waals surface area contributed by atoms with Crippen LogP contribution < -0.4 is 20.3 Å². The van der Waals surface area contributed by atoms with Gasteiger partial charge in [0.2, 0.25) is 0 Å². The number of aromatic nitrogens is 2. The predicted octanol–water partition coefficient (Wildman–Crippen LogP) is 2.32. The molecule has 0 radical (unpaired) electrons. The summed E-state index contributed by atoms with van der Waals surface area (Å²) < 4.78 is 32.0. The molecule has 1 saturated heterocycles. The van der Waals surface area contributed by atoms with Crippen LogP contribution in [0.15, 0.2) is 48.0 Å². The second-order valence-electron chi connectivity index (χ2n) is 6.58. The topological polar surface area (TPSA) is 66.7 Å². The zero-order valence-electron chi connectivity index (χ0n) is 15.9. The summed E-state index contributed by atoms with van der Waals surface area (Å²) in [6.07, 6.45) is 7.35. The number of alkyl halides is 2. The van der Waals surface area contributed by atoms with Crippen molar-refractivity contribution in [1.29, 1.82) is 0 Å². The van der Waals surface area contributed by atoms with Crippen LogP contribution in [0.1, 0.15) is 12.8 Å². The Morgan fingerprint density at radius 1 is 1.39 bits per heavy atom. The molecule has 1 aliphatic rings. The summed E-state index contributed by atoms with van der Waals surface area (Å²) in [5, 5.41) is 6.72. The van der Waals surface area contributed by atoms with Crippen LogP contribution in [0.3, 0.4) is 0 Å². The number of guanidine groups is 1. The number of aryl methyl sites for hydroxylation is 1. The van der Waals surface area contributed by atoms with Crippen molar-refractivity contribution < 1.29 is 13.5 Å². The number of imidazole rings is 1. The Morgan fingerprint density at radius 3 is 3.00 bits per heavy atom. The molecule has 1 atom stereocenters. The number of halogens is 2. The molecule has 2 aromatic rings. The van der Waals surface area contributed by atoms with Crippen molar-refractivity contribution in [1.82, 2.24) is 20.2 Å². The van der Waals surface area contributed by atoms with Crippen LogP contribution in [0, 0.1) is 0 Å². The number of hydrogen-bond acceptors (Lipinski definition) is 4. The van der Waals surface area contributed by atoms with Crippen molar-refractivity contribution in [3.63, 3.8) is 0 Å². The summed E-state index contributed by atoms with van der Waals surface area (Å²) in [5.74, 6) is 0.953.